The van der Waals surface area contributed by atoms with Crippen LogP contribution in [0.3, 0.4) is 0 Å². The van der Waals surface area contributed by atoms with Crippen molar-refractivity contribution >= 4 is 21.9 Å². The van der Waals surface area contributed by atoms with Gasteiger partial charge in [0, 0.05) is 26.2 Å². The highest BCUT2D eigenvalue weighted by atomic mass is 32.2. The Labute approximate surface area is 167 Å². The predicted molar refractivity (Wildman–Crippen MR) is 107 cm³/mol. The molecule has 1 saturated heterocycles. The molecule has 0 aromatic heterocycles. The van der Waals surface area contributed by atoms with Gasteiger partial charge in [-0.15, -0.1) is 0 Å². The average molecular weight is 411 g/mol. The number of benzene rings is 1. The summed E-state index contributed by atoms with van der Waals surface area (Å²) >= 11 is 0. The minimum Gasteiger partial charge on any atom is -0.452 e. The van der Waals surface area contributed by atoms with Crippen LogP contribution in [-0.4, -0.2) is 62.3 Å². The van der Waals surface area contributed by atoms with Crippen molar-refractivity contribution in [2.24, 2.45) is 0 Å². The SMILES string of the molecule is CCN(CC)S(=O)(=O)c1ccc(C)c(C(=O)OCC(=O)N2CCCCCC2)c1. The molecule has 7 nitrogen and oxygen atoms in total. The van der Waals surface area contributed by atoms with Crippen LogP contribution in [-0.2, 0) is 19.6 Å². The summed E-state index contributed by atoms with van der Waals surface area (Å²) in [6, 6.07) is 4.41. The Kier molecular flexibility index (Phi) is 8.00. The lowest BCUT2D eigenvalue weighted by Gasteiger charge is -2.20. The summed E-state index contributed by atoms with van der Waals surface area (Å²) in [5.74, 6) is -0.892. The summed E-state index contributed by atoms with van der Waals surface area (Å²) in [5.41, 5.74) is 0.766. The van der Waals surface area contributed by atoms with Gasteiger partial charge in [0.15, 0.2) is 6.61 Å². The van der Waals surface area contributed by atoms with Crippen LogP contribution in [0.25, 0.3) is 0 Å². The highest BCUT2D eigenvalue weighted by Crippen LogP contribution is 2.20. The molecule has 0 spiro atoms. The van der Waals surface area contributed by atoms with E-state index in [-0.39, 0.29) is 23.0 Å². The number of carbonyl (C=O) groups is 2. The number of rotatable bonds is 7. The first-order valence-electron chi connectivity index (χ1n) is 9.87. The van der Waals surface area contributed by atoms with Crippen LogP contribution < -0.4 is 0 Å². The van der Waals surface area contributed by atoms with E-state index >= 15 is 0 Å². The number of amides is 1. The van der Waals surface area contributed by atoms with Gasteiger partial charge in [-0.25, -0.2) is 13.2 Å². The second kappa shape index (κ2) is 10.0. The molecule has 1 fully saturated rings. The zero-order valence-corrected chi connectivity index (χ0v) is 17.8. The number of carbonyl (C=O) groups excluding carboxylic acids is 2. The van der Waals surface area contributed by atoms with E-state index in [1.807, 2.05) is 0 Å². The Hall–Kier alpha value is -1.93. The molecule has 0 radical (unpaired) electrons. The number of nitrogens with zero attached hydrogens (tertiary/aromatic N) is 2. The van der Waals surface area contributed by atoms with Crippen molar-refractivity contribution in [3.8, 4) is 0 Å². The van der Waals surface area contributed by atoms with Crippen LogP contribution in [0, 0.1) is 6.92 Å². The molecule has 0 atom stereocenters. The maximum absolute atomic E-state index is 12.7. The van der Waals surface area contributed by atoms with E-state index in [0.29, 0.717) is 31.7 Å². The Morgan fingerprint density at radius 2 is 1.68 bits per heavy atom. The summed E-state index contributed by atoms with van der Waals surface area (Å²) in [6.45, 7) is 6.97. The molecule has 1 aromatic carbocycles. The van der Waals surface area contributed by atoms with Crippen LogP contribution in [0.4, 0.5) is 0 Å². The number of hydrogen-bond donors (Lipinski definition) is 0. The highest BCUT2D eigenvalue weighted by Gasteiger charge is 2.24. The average Bonchev–Trinajstić information content (AvgIpc) is 2.96. The first-order valence-corrected chi connectivity index (χ1v) is 11.3. The van der Waals surface area contributed by atoms with Crippen LogP contribution in [0.15, 0.2) is 23.1 Å². The van der Waals surface area contributed by atoms with Crippen molar-refractivity contribution in [1.82, 2.24) is 9.21 Å². The summed E-state index contributed by atoms with van der Waals surface area (Å²) < 4.78 is 31.9. The molecule has 0 aliphatic carbocycles. The molecular weight excluding hydrogens is 380 g/mol. The maximum Gasteiger partial charge on any atom is 0.338 e. The van der Waals surface area contributed by atoms with Crippen molar-refractivity contribution in [2.45, 2.75) is 51.3 Å². The predicted octanol–water partition coefficient (Wildman–Crippen LogP) is 2.58. The molecular formula is C20H30N2O5S. The smallest absolute Gasteiger partial charge is 0.338 e. The lowest BCUT2D eigenvalue weighted by atomic mass is 10.1. The molecule has 0 N–H and O–H groups in total. The first kappa shape index (κ1) is 22.4. The molecule has 0 bridgehead atoms. The third kappa shape index (κ3) is 5.32. The zero-order chi connectivity index (χ0) is 20.7. The molecule has 0 unspecified atom stereocenters. The fourth-order valence-corrected chi connectivity index (χ4v) is 4.80. The molecule has 0 saturated carbocycles. The quantitative estimate of drug-likeness (QED) is 0.645. The number of likely N-dealkylation sites (tertiary alicyclic amines) is 1. The monoisotopic (exact) mass is 410 g/mol. The molecule has 1 aliphatic heterocycles. The lowest BCUT2D eigenvalue weighted by molar-refractivity contribution is -0.134. The topological polar surface area (TPSA) is 84.0 Å². The number of ether oxygens (including phenoxy) is 1. The second-order valence-corrected chi connectivity index (χ2v) is 8.88. The number of esters is 1. The van der Waals surface area contributed by atoms with Gasteiger partial charge < -0.3 is 9.64 Å². The van der Waals surface area contributed by atoms with Gasteiger partial charge in [-0.1, -0.05) is 32.8 Å². The minimum absolute atomic E-state index is 0.0487. The van der Waals surface area contributed by atoms with E-state index < -0.39 is 16.0 Å². The number of sulfonamides is 1. The van der Waals surface area contributed by atoms with Gasteiger partial charge in [-0.2, -0.15) is 4.31 Å². The summed E-state index contributed by atoms with van der Waals surface area (Å²) in [6.07, 6.45) is 4.14. The van der Waals surface area contributed by atoms with Gasteiger partial charge in [-0.05, 0) is 37.5 Å². The zero-order valence-electron chi connectivity index (χ0n) is 16.9. The van der Waals surface area contributed by atoms with E-state index in [9.17, 15) is 18.0 Å². The number of hydrogen-bond acceptors (Lipinski definition) is 5. The number of aryl methyl sites for hydroxylation is 1. The van der Waals surface area contributed by atoms with E-state index in [1.165, 1.54) is 16.4 Å². The molecule has 1 heterocycles. The second-order valence-electron chi connectivity index (χ2n) is 6.94. The third-order valence-corrected chi connectivity index (χ3v) is 7.10. The fourth-order valence-electron chi connectivity index (χ4n) is 3.31. The first-order chi connectivity index (χ1) is 13.3. The van der Waals surface area contributed by atoms with Crippen molar-refractivity contribution in [2.75, 3.05) is 32.8 Å². The van der Waals surface area contributed by atoms with Gasteiger partial charge in [0.25, 0.3) is 5.91 Å². The minimum atomic E-state index is -3.68. The van der Waals surface area contributed by atoms with Gasteiger partial charge >= 0.3 is 5.97 Å². The summed E-state index contributed by atoms with van der Waals surface area (Å²) in [7, 11) is -3.68. The summed E-state index contributed by atoms with van der Waals surface area (Å²) in [4.78, 5) is 26.6. The van der Waals surface area contributed by atoms with E-state index in [4.69, 9.17) is 4.74 Å². The van der Waals surface area contributed by atoms with Gasteiger partial charge in [0.2, 0.25) is 10.0 Å². The van der Waals surface area contributed by atoms with E-state index in [2.05, 4.69) is 0 Å². The van der Waals surface area contributed by atoms with Crippen molar-refractivity contribution in [1.29, 1.82) is 0 Å². The maximum atomic E-state index is 12.7. The Morgan fingerprint density at radius 1 is 1.07 bits per heavy atom. The lowest BCUT2D eigenvalue weighted by Crippen LogP contribution is -2.35. The third-order valence-electron chi connectivity index (χ3n) is 5.06. The van der Waals surface area contributed by atoms with Gasteiger partial charge in [0.05, 0.1) is 10.5 Å². The normalized spacial score (nSPS) is 15.4. The highest BCUT2D eigenvalue weighted by molar-refractivity contribution is 7.89. The van der Waals surface area contributed by atoms with E-state index in [0.717, 1.165) is 25.7 Å². The molecule has 28 heavy (non-hydrogen) atoms. The molecule has 8 heteroatoms. The molecule has 1 aromatic rings. The van der Waals surface area contributed by atoms with Crippen molar-refractivity contribution < 1.29 is 22.7 Å². The van der Waals surface area contributed by atoms with Crippen molar-refractivity contribution in [3.05, 3.63) is 29.3 Å². The molecule has 1 amide bonds. The summed E-state index contributed by atoms with van der Waals surface area (Å²) in [5, 5.41) is 0. The van der Waals surface area contributed by atoms with Crippen LogP contribution in [0.5, 0.6) is 0 Å². The van der Waals surface area contributed by atoms with Gasteiger partial charge in [0.1, 0.15) is 0 Å². The van der Waals surface area contributed by atoms with Crippen LogP contribution in [0.1, 0.15) is 55.5 Å². The standard InChI is InChI=1S/C20H30N2O5S/c1-4-22(5-2)28(25,26)17-11-10-16(3)18(14-17)20(24)27-15-19(23)21-12-8-6-7-9-13-21/h10-11,14H,4-9,12-13,15H2,1-3H3. The van der Waals surface area contributed by atoms with Gasteiger partial charge in [-0.3, -0.25) is 4.79 Å². The fraction of sp³-hybridized carbons (Fsp3) is 0.600. The molecule has 156 valence electrons. The van der Waals surface area contributed by atoms with Crippen LogP contribution >= 0.6 is 0 Å². The Bertz CT molecular complexity index is 795. The van der Waals surface area contributed by atoms with Crippen LogP contribution in [0.2, 0.25) is 0 Å². The largest absolute Gasteiger partial charge is 0.452 e. The molecule has 1 aliphatic rings. The van der Waals surface area contributed by atoms with Crippen molar-refractivity contribution in [3.63, 3.8) is 0 Å². The Balaban J connectivity index is 2.11. The Morgan fingerprint density at radius 3 is 2.25 bits per heavy atom. The van der Waals surface area contributed by atoms with E-state index in [1.54, 1.807) is 31.7 Å². The molecule has 2 rings (SSSR count).